The first-order valence-corrected chi connectivity index (χ1v) is 6.71. The van der Waals surface area contributed by atoms with E-state index >= 15 is 0 Å². The molecule has 0 N–H and O–H groups in total. The van der Waals surface area contributed by atoms with Gasteiger partial charge in [-0.2, -0.15) is 0 Å². The first kappa shape index (κ1) is 16.5. The van der Waals surface area contributed by atoms with Crippen molar-refractivity contribution in [3.63, 3.8) is 0 Å². The quantitative estimate of drug-likeness (QED) is 0.620. The number of ether oxygens (including phenoxy) is 1. The summed E-state index contributed by atoms with van der Waals surface area (Å²) in [6.07, 6.45) is 2.97. The highest BCUT2D eigenvalue weighted by molar-refractivity contribution is 6.34. The Hall–Kier alpha value is -1.52. The van der Waals surface area contributed by atoms with E-state index in [0.29, 0.717) is 22.2 Å². The number of likely N-dealkylation sites (N-methyl/N-ethyl adjacent to an activating group) is 1. The largest absolute Gasteiger partial charge is 0.468 e. The number of halogens is 2. The Morgan fingerprint density at radius 2 is 1.85 bits per heavy atom. The molecule has 0 aliphatic heterocycles. The van der Waals surface area contributed by atoms with Crippen LogP contribution in [0.15, 0.2) is 24.3 Å². The summed E-state index contributed by atoms with van der Waals surface area (Å²) in [4.78, 5) is 24.5. The van der Waals surface area contributed by atoms with Crippen LogP contribution in [0.25, 0.3) is 6.08 Å². The molecule has 0 aliphatic carbocycles. The van der Waals surface area contributed by atoms with Gasteiger partial charge in [0, 0.05) is 22.7 Å². The van der Waals surface area contributed by atoms with Crippen LogP contribution in [0.2, 0.25) is 10.0 Å². The van der Waals surface area contributed by atoms with Gasteiger partial charge < -0.3 is 9.64 Å². The van der Waals surface area contributed by atoms with E-state index in [1.165, 1.54) is 18.1 Å². The number of carbonyl (C=O) groups is 2. The number of hydrogen-bond donors (Lipinski definition) is 0. The molecule has 0 radical (unpaired) electrons. The van der Waals surface area contributed by atoms with Gasteiger partial charge >= 0.3 is 5.97 Å². The molecular formula is C14H15Cl2NO3. The van der Waals surface area contributed by atoms with Gasteiger partial charge in [0.25, 0.3) is 0 Å². The summed E-state index contributed by atoms with van der Waals surface area (Å²) in [5.41, 5.74) is 0.713. The molecule has 1 amide bonds. The van der Waals surface area contributed by atoms with Gasteiger partial charge in [-0.15, -0.1) is 0 Å². The molecule has 4 nitrogen and oxygen atoms in total. The van der Waals surface area contributed by atoms with Crippen LogP contribution in [0, 0.1) is 0 Å². The molecule has 0 aromatic heterocycles. The predicted molar refractivity (Wildman–Crippen MR) is 79.8 cm³/mol. The maximum Gasteiger partial charge on any atom is 0.325 e. The molecule has 6 heteroatoms. The van der Waals surface area contributed by atoms with Gasteiger partial charge in [-0.3, -0.25) is 9.59 Å². The monoisotopic (exact) mass is 315 g/mol. The molecule has 1 rings (SSSR count). The highest BCUT2D eigenvalue weighted by atomic mass is 35.5. The van der Waals surface area contributed by atoms with Crippen LogP contribution in [-0.4, -0.2) is 37.0 Å². The van der Waals surface area contributed by atoms with E-state index in [0.717, 1.165) is 0 Å². The average molecular weight is 316 g/mol. The fourth-order valence-electron chi connectivity index (χ4n) is 1.51. The molecule has 0 spiro atoms. The summed E-state index contributed by atoms with van der Waals surface area (Å²) in [7, 11) is 1.28. The minimum atomic E-state index is -0.459. The van der Waals surface area contributed by atoms with Gasteiger partial charge in [-0.1, -0.05) is 23.2 Å². The summed E-state index contributed by atoms with van der Waals surface area (Å²) in [6, 6.07) is 4.99. The molecular weight excluding hydrogens is 301 g/mol. The van der Waals surface area contributed by atoms with Crippen molar-refractivity contribution in [1.82, 2.24) is 4.90 Å². The van der Waals surface area contributed by atoms with Crippen molar-refractivity contribution in [2.75, 3.05) is 20.2 Å². The number of rotatable bonds is 5. The molecule has 20 heavy (non-hydrogen) atoms. The summed E-state index contributed by atoms with van der Waals surface area (Å²) in [6.45, 7) is 2.12. The third-order valence-electron chi connectivity index (χ3n) is 2.54. The molecule has 0 saturated heterocycles. The molecule has 0 aliphatic rings. The van der Waals surface area contributed by atoms with E-state index in [4.69, 9.17) is 23.2 Å². The van der Waals surface area contributed by atoms with Crippen molar-refractivity contribution in [3.05, 3.63) is 39.9 Å². The molecule has 0 saturated carbocycles. The molecule has 1 aromatic rings. The molecule has 1 aromatic carbocycles. The summed E-state index contributed by atoms with van der Waals surface area (Å²) >= 11 is 11.7. The Balaban J connectivity index is 2.76. The van der Waals surface area contributed by atoms with Crippen LogP contribution in [0.5, 0.6) is 0 Å². The Morgan fingerprint density at radius 3 is 2.35 bits per heavy atom. The first-order chi connectivity index (χ1) is 9.46. The number of esters is 1. The smallest absolute Gasteiger partial charge is 0.325 e. The van der Waals surface area contributed by atoms with Crippen molar-refractivity contribution < 1.29 is 14.3 Å². The molecule has 0 unspecified atom stereocenters. The van der Waals surface area contributed by atoms with E-state index in [-0.39, 0.29) is 12.5 Å². The number of carbonyl (C=O) groups excluding carboxylic acids is 2. The fraction of sp³-hybridized carbons (Fsp3) is 0.286. The normalized spacial score (nSPS) is 10.6. The van der Waals surface area contributed by atoms with Crippen molar-refractivity contribution >= 4 is 41.2 Å². The molecule has 0 fully saturated rings. The van der Waals surface area contributed by atoms with Crippen molar-refractivity contribution in [2.45, 2.75) is 6.92 Å². The second-order valence-electron chi connectivity index (χ2n) is 3.96. The first-order valence-electron chi connectivity index (χ1n) is 5.96. The Bertz CT molecular complexity index is 509. The molecule has 108 valence electrons. The fourth-order valence-corrected chi connectivity index (χ4v) is 2.05. The van der Waals surface area contributed by atoms with E-state index in [9.17, 15) is 9.59 Å². The number of methoxy groups -OCH3 is 1. The zero-order valence-corrected chi connectivity index (χ0v) is 12.7. The van der Waals surface area contributed by atoms with Gasteiger partial charge in [0.1, 0.15) is 6.54 Å². The lowest BCUT2D eigenvalue weighted by molar-refractivity contribution is -0.145. The molecule has 0 bridgehead atoms. The van der Waals surface area contributed by atoms with E-state index in [1.807, 2.05) is 0 Å². The van der Waals surface area contributed by atoms with Crippen LogP contribution in [0.3, 0.4) is 0 Å². The highest BCUT2D eigenvalue weighted by Gasteiger charge is 2.13. The Morgan fingerprint density at radius 1 is 1.25 bits per heavy atom. The lowest BCUT2D eigenvalue weighted by Gasteiger charge is -2.17. The summed E-state index contributed by atoms with van der Waals surface area (Å²) < 4.78 is 4.54. The van der Waals surface area contributed by atoms with E-state index in [1.54, 1.807) is 31.2 Å². The van der Waals surface area contributed by atoms with Gasteiger partial charge in [-0.25, -0.2) is 0 Å². The summed E-state index contributed by atoms with van der Waals surface area (Å²) in [5, 5.41) is 0.984. The minimum absolute atomic E-state index is 0.0769. The summed E-state index contributed by atoms with van der Waals surface area (Å²) in [5.74, 6) is -0.742. The Kier molecular flexibility index (Phi) is 6.55. The van der Waals surface area contributed by atoms with E-state index in [2.05, 4.69) is 4.74 Å². The number of benzene rings is 1. The van der Waals surface area contributed by atoms with Gasteiger partial charge in [0.2, 0.25) is 5.91 Å². The second kappa shape index (κ2) is 7.92. The topological polar surface area (TPSA) is 46.6 Å². The molecule has 0 heterocycles. The molecule has 0 atom stereocenters. The maximum atomic E-state index is 11.9. The third kappa shape index (κ3) is 5.23. The van der Waals surface area contributed by atoms with Crippen LogP contribution in [0.1, 0.15) is 12.5 Å². The van der Waals surface area contributed by atoms with Crippen LogP contribution in [-0.2, 0) is 14.3 Å². The lowest BCUT2D eigenvalue weighted by atomic mass is 10.2. The minimum Gasteiger partial charge on any atom is -0.468 e. The van der Waals surface area contributed by atoms with Gasteiger partial charge in [-0.05, 0) is 36.8 Å². The lowest BCUT2D eigenvalue weighted by Crippen LogP contribution is -2.34. The zero-order valence-electron chi connectivity index (χ0n) is 11.2. The maximum absolute atomic E-state index is 11.9. The zero-order chi connectivity index (χ0) is 15.1. The second-order valence-corrected chi connectivity index (χ2v) is 4.84. The van der Waals surface area contributed by atoms with Crippen molar-refractivity contribution in [3.8, 4) is 0 Å². The number of hydrogen-bond acceptors (Lipinski definition) is 3. The van der Waals surface area contributed by atoms with Crippen molar-refractivity contribution in [1.29, 1.82) is 0 Å². The predicted octanol–water partition coefficient (Wildman–Crippen LogP) is 3.03. The SMILES string of the molecule is CCN(CC(=O)OC)C(=O)C=Cc1cc(Cl)cc(Cl)c1. The highest BCUT2D eigenvalue weighted by Crippen LogP contribution is 2.19. The average Bonchev–Trinajstić information content (AvgIpc) is 2.40. The van der Waals surface area contributed by atoms with Crippen LogP contribution >= 0.6 is 23.2 Å². The van der Waals surface area contributed by atoms with Gasteiger partial charge in [0.05, 0.1) is 7.11 Å². The van der Waals surface area contributed by atoms with E-state index < -0.39 is 5.97 Å². The van der Waals surface area contributed by atoms with Crippen LogP contribution in [0.4, 0.5) is 0 Å². The van der Waals surface area contributed by atoms with Crippen LogP contribution < -0.4 is 0 Å². The standard InChI is InChI=1S/C14H15Cl2NO3/c1-3-17(9-14(19)20-2)13(18)5-4-10-6-11(15)8-12(16)7-10/h4-8H,3,9H2,1-2H3. The third-order valence-corrected chi connectivity index (χ3v) is 2.98. The Labute approximate surface area is 127 Å². The number of amides is 1. The van der Waals surface area contributed by atoms with Gasteiger partial charge in [0.15, 0.2) is 0 Å². The number of nitrogens with zero attached hydrogens (tertiary/aromatic N) is 1. The van der Waals surface area contributed by atoms with Crippen molar-refractivity contribution in [2.24, 2.45) is 0 Å².